The molecule has 1 saturated carbocycles. The molecule has 0 bridgehead atoms. The second kappa shape index (κ2) is 5.47. The lowest BCUT2D eigenvalue weighted by molar-refractivity contribution is -0.123. The predicted molar refractivity (Wildman–Crippen MR) is 59.3 cm³/mol. The fraction of sp³-hybridized carbons (Fsp3) is 0.909. The highest BCUT2D eigenvalue weighted by Gasteiger charge is 2.33. The molecule has 0 aliphatic heterocycles. The third-order valence-electron chi connectivity index (χ3n) is 3.41. The van der Waals surface area contributed by atoms with Crippen LogP contribution in [0.1, 0.15) is 39.0 Å². The van der Waals surface area contributed by atoms with E-state index in [4.69, 9.17) is 5.73 Å². The molecular formula is C11H22N2O2. The van der Waals surface area contributed by atoms with Crippen LogP contribution in [0.25, 0.3) is 0 Å². The molecule has 0 aromatic heterocycles. The molecule has 0 saturated heterocycles. The topological polar surface area (TPSA) is 75.4 Å². The summed E-state index contributed by atoms with van der Waals surface area (Å²) >= 11 is 0. The van der Waals surface area contributed by atoms with Crippen LogP contribution < -0.4 is 11.1 Å². The van der Waals surface area contributed by atoms with E-state index in [0.29, 0.717) is 13.0 Å². The summed E-state index contributed by atoms with van der Waals surface area (Å²) in [6.45, 7) is 2.62. The van der Waals surface area contributed by atoms with Gasteiger partial charge >= 0.3 is 0 Å². The molecule has 0 spiro atoms. The van der Waals surface area contributed by atoms with Gasteiger partial charge in [0.25, 0.3) is 0 Å². The molecule has 1 atom stereocenters. The van der Waals surface area contributed by atoms with E-state index >= 15 is 0 Å². The van der Waals surface area contributed by atoms with Crippen molar-refractivity contribution in [2.45, 2.75) is 45.1 Å². The maximum Gasteiger partial charge on any atom is 0.236 e. The second-order valence-corrected chi connectivity index (χ2v) is 4.60. The van der Waals surface area contributed by atoms with Crippen molar-refractivity contribution in [3.05, 3.63) is 0 Å². The summed E-state index contributed by atoms with van der Waals surface area (Å²) in [5.41, 5.74) is 5.53. The lowest BCUT2D eigenvalue weighted by atomic mass is 9.87. The third kappa shape index (κ3) is 3.18. The largest absolute Gasteiger partial charge is 0.396 e. The first kappa shape index (κ1) is 12.5. The van der Waals surface area contributed by atoms with Crippen LogP contribution in [-0.2, 0) is 4.79 Å². The molecule has 1 fully saturated rings. The van der Waals surface area contributed by atoms with Gasteiger partial charge in [0.2, 0.25) is 5.91 Å². The molecule has 4 heteroatoms. The van der Waals surface area contributed by atoms with Crippen molar-refractivity contribution in [3.8, 4) is 0 Å². The van der Waals surface area contributed by atoms with E-state index in [-0.39, 0.29) is 17.9 Å². The molecule has 1 rings (SSSR count). The molecule has 88 valence electrons. The molecule has 1 unspecified atom stereocenters. The van der Waals surface area contributed by atoms with Gasteiger partial charge < -0.3 is 16.2 Å². The lowest BCUT2D eigenvalue weighted by Gasteiger charge is -2.27. The van der Waals surface area contributed by atoms with E-state index in [1.807, 2.05) is 6.92 Å². The number of hydrogen-bond donors (Lipinski definition) is 3. The zero-order valence-electron chi connectivity index (χ0n) is 9.46. The maximum absolute atomic E-state index is 11.5. The van der Waals surface area contributed by atoms with E-state index in [0.717, 1.165) is 25.7 Å². The quantitative estimate of drug-likeness (QED) is 0.620. The summed E-state index contributed by atoms with van der Waals surface area (Å²) in [6, 6.07) is -0.415. The molecule has 0 aromatic rings. The van der Waals surface area contributed by atoms with Crippen LogP contribution in [0.5, 0.6) is 0 Å². The number of hydrogen-bond acceptors (Lipinski definition) is 3. The molecular weight excluding hydrogens is 192 g/mol. The maximum atomic E-state index is 11.5. The number of aliphatic hydroxyl groups is 1. The van der Waals surface area contributed by atoms with Gasteiger partial charge in [0.1, 0.15) is 0 Å². The van der Waals surface area contributed by atoms with E-state index in [1.54, 1.807) is 0 Å². The van der Waals surface area contributed by atoms with E-state index in [1.165, 1.54) is 0 Å². The Balaban J connectivity index is 2.37. The summed E-state index contributed by atoms with van der Waals surface area (Å²) in [4.78, 5) is 11.5. The Morgan fingerprint density at radius 2 is 2.13 bits per heavy atom. The van der Waals surface area contributed by atoms with Crippen molar-refractivity contribution in [2.75, 3.05) is 13.2 Å². The minimum Gasteiger partial charge on any atom is -0.396 e. The smallest absolute Gasteiger partial charge is 0.236 e. The van der Waals surface area contributed by atoms with Gasteiger partial charge in [-0.3, -0.25) is 4.79 Å². The average Bonchev–Trinajstić information content (AvgIpc) is 2.74. The van der Waals surface area contributed by atoms with Crippen LogP contribution in [0.4, 0.5) is 0 Å². The summed E-state index contributed by atoms with van der Waals surface area (Å²) in [5, 5.41) is 12.2. The van der Waals surface area contributed by atoms with Crippen LogP contribution in [0.3, 0.4) is 0 Å². The first-order chi connectivity index (χ1) is 7.13. The molecule has 0 radical (unpaired) electrons. The molecule has 0 aromatic carbocycles. The highest BCUT2D eigenvalue weighted by Crippen LogP contribution is 2.36. The molecule has 0 heterocycles. The first-order valence-corrected chi connectivity index (χ1v) is 5.78. The SMILES string of the molecule is CCC(N)C(=O)NCC1(CO)CCCC1. The number of carbonyl (C=O) groups excluding carboxylic acids is 1. The molecule has 1 amide bonds. The van der Waals surface area contributed by atoms with Crippen molar-refractivity contribution in [1.29, 1.82) is 0 Å². The fourth-order valence-corrected chi connectivity index (χ4v) is 2.11. The van der Waals surface area contributed by atoms with Gasteiger partial charge in [-0.1, -0.05) is 19.8 Å². The summed E-state index contributed by atoms with van der Waals surface area (Å²) in [6.07, 6.45) is 4.96. The number of aliphatic hydroxyl groups excluding tert-OH is 1. The van der Waals surface area contributed by atoms with Gasteiger partial charge in [-0.05, 0) is 19.3 Å². The van der Waals surface area contributed by atoms with Crippen LogP contribution in [0.2, 0.25) is 0 Å². The Hall–Kier alpha value is -0.610. The van der Waals surface area contributed by atoms with Crippen molar-refractivity contribution >= 4 is 5.91 Å². The van der Waals surface area contributed by atoms with E-state index < -0.39 is 6.04 Å². The highest BCUT2D eigenvalue weighted by atomic mass is 16.3. The van der Waals surface area contributed by atoms with Crippen molar-refractivity contribution < 1.29 is 9.90 Å². The number of carbonyl (C=O) groups is 1. The zero-order chi connectivity index (χ0) is 11.3. The molecule has 1 aliphatic carbocycles. The third-order valence-corrected chi connectivity index (χ3v) is 3.41. The van der Waals surface area contributed by atoms with Crippen molar-refractivity contribution in [1.82, 2.24) is 5.32 Å². The monoisotopic (exact) mass is 214 g/mol. The molecule has 15 heavy (non-hydrogen) atoms. The zero-order valence-corrected chi connectivity index (χ0v) is 9.46. The number of nitrogens with two attached hydrogens (primary N) is 1. The summed E-state index contributed by atoms with van der Waals surface area (Å²) < 4.78 is 0. The second-order valence-electron chi connectivity index (χ2n) is 4.60. The average molecular weight is 214 g/mol. The predicted octanol–water partition coefficient (Wildman–Crippen LogP) is 0.393. The Morgan fingerprint density at radius 3 is 2.60 bits per heavy atom. The fourth-order valence-electron chi connectivity index (χ4n) is 2.11. The van der Waals surface area contributed by atoms with Gasteiger partial charge in [-0.25, -0.2) is 0 Å². The van der Waals surface area contributed by atoms with Crippen LogP contribution >= 0.6 is 0 Å². The Bertz CT molecular complexity index is 213. The number of nitrogens with one attached hydrogen (secondary N) is 1. The van der Waals surface area contributed by atoms with Gasteiger partial charge in [0, 0.05) is 12.0 Å². The van der Waals surface area contributed by atoms with Crippen molar-refractivity contribution in [2.24, 2.45) is 11.1 Å². The van der Waals surface area contributed by atoms with E-state index in [9.17, 15) is 9.90 Å². The Morgan fingerprint density at radius 1 is 1.53 bits per heavy atom. The molecule has 4 N–H and O–H groups in total. The normalized spacial score (nSPS) is 21.3. The minimum absolute atomic E-state index is 0.0802. The standard InChI is InChI=1S/C11H22N2O2/c1-2-9(12)10(15)13-7-11(8-14)5-3-4-6-11/h9,14H,2-8,12H2,1H3,(H,13,15). The van der Waals surface area contributed by atoms with Crippen molar-refractivity contribution in [3.63, 3.8) is 0 Å². The Labute approximate surface area is 91.2 Å². The summed E-state index contributed by atoms with van der Waals surface area (Å²) in [5.74, 6) is -0.0998. The van der Waals surface area contributed by atoms with Crippen LogP contribution in [0, 0.1) is 5.41 Å². The van der Waals surface area contributed by atoms with Gasteiger partial charge in [0.05, 0.1) is 12.6 Å². The summed E-state index contributed by atoms with van der Waals surface area (Å²) in [7, 11) is 0. The van der Waals surface area contributed by atoms with Crippen LogP contribution in [0.15, 0.2) is 0 Å². The van der Waals surface area contributed by atoms with Gasteiger partial charge in [0.15, 0.2) is 0 Å². The number of amides is 1. The molecule has 1 aliphatic rings. The van der Waals surface area contributed by atoms with E-state index in [2.05, 4.69) is 5.32 Å². The van der Waals surface area contributed by atoms with Gasteiger partial charge in [-0.2, -0.15) is 0 Å². The number of rotatable bonds is 5. The highest BCUT2D eigenvalue weighted by molar-refractivity contribution is 5.81. The lowest BCUT2D eigenvalue weighted by Crippen LogP contribution is -2.45. The van der Waals surface area contributed by atoms with Gasteiger partial charge in [-0.15, -0.1) is 0 Å². The minimum atomic E-state index is -0.415. The van der Waals surface area contributed by atoms with Crippen LogP contribution in [-0.4, -0.2) is 30.2 Å². The Kier molecular flexibility index (Phi) is 4.54. The first-order valence-electron chi connectivity index (χ1n) is 5.78. The molecule has 4 nitrogen and oxygen atoms in total.